The lowest BCUT2D eigenvalue weighted by Gasteiger charge is -2.15. The van der Waals surface area contributed by atoms with Crippen LogP contribution in [0.3, 0.4) is 0 Å². The molecule has 0 saturated heterocycles. The van der Waals surface area contributed by atoms with Gasteiger partial charge in [0.1, 0.15) is 5.82 Å². The van der Waals surface area contributed by atoms with Crippen molar-refractivity contribution in [1.29, 1.82) is 0 Å². The predicted octanol–water partition coefficient (Wildman–Crippen LogP) is 4.40. The summed E-state index contributed by atoms with van der Waals surface area (Å²) in [6, 6.07) is 13.6. The molecule has 0 aromatic heterocycles. The second-order valence-corrected chi connectivity index (χ2v) is 8.19. The Balaban J connectivity index is 1.84. The van der Waals surface area contributed by atoms with Gasteiger partial charge >= 0.3 is 0 Å². The first-order valence-corrected chi connectivity index (χ1v) is 10.3. The molecule has 0 fully saturated rings. The summed E-state index contributed by atoms with van der Waals surface area (Å²) in [5, 5.41) is 2.21. The van der Waals surface area contributed by atoms with Crippen LogP contribution in [0.4, 0.5) is 18.9 Å². The maximum atomic E-state index is 14.2. The normalized spacial score (nSPS) is 12.4. The first kappa shape index (κ1) is 21.5. The van der Waals surface area contributed by atoms with Crippen molar-refractivity contribution in [3.63, 3.8) is 0 Å². The minimum absolute atomic E-state index is 0.109. The number of benzene rings is 3. The maximum Gasteiger partial charge on any atom is 0.258 e. The van der Waals surface area contributed by atoms with Gasteiger partial charge in [0, 0.05) is 17.8 Å². The van der Waals surface area contributed by atoms with Crippen molar-refractivity contribution in [2.24, 2.45) is 0 Å². The highest BCUT2D eigenvalue weighted by Gasteiger charge is 2.22. The average Bonchev–Trinajstić information content (AvgIpc) is 2.71. The van der Waals surface area contributed by atoms with Crippen molar-refractivity contribution in [1.82, 2.24) is 4.72 Å². The standard InChI is InChI=1S/C21H17F3N2O3S/c1-13(14-5-3-2-4-6-14)26-30(28,29)16-8-10-18(22)17(12-16)21(27)25-15-7-9-19(23)20(24)11-15/h2-13,26H,1H3,(H,25,27)/t13-/m0/s1. The van der Waals surface area contributed by atoms with E-state index in [0.717, 1.165) is 42.0 Å². The van der Waals surface area contributed by atoms with Gasteiger partial charge in [-0.25, -0.2) is 26.3 Å². The largest absolute Gasteiger partial charge is 0.322 e. The molecule has 0 aliphatic carbocycles. The monoisotopic (exact) mass is 434 g/mol. The summed E-state index contributed by atoms with van der Waals surface area (Å²) < 4.78 is 68.3. The molecule has 3 aromatic carbocycles. The molecule has 3 aromatic rings. The molecule has 1 atom stereocenters. The number of carbonyl (C=O) groups is 1. The zero-order valence-electron chi connectivity index (χ0n) is 15.7. The maximum absolute atomic E-state index is 14.2. The number of halogens is 3. The third kappa shape index (κ3) is 4.87. The third-order valence-electron chi connectivity index (χ3n) is 4.30. The summed E-state index contributed by atoms with van der Waals surface area (Å²) in [5.74, 6) is -4.27. The molecule has 0 spiro atoms. The lowest BCUT2D eigenvalue weighted by atomic mass is 10.1. The molecular formula is C21H17F3N2O3S. The van der Waals surface area contributed by atoms with Crippen molar-refractivity contribution in [3.8, 4) is 0 Å². The number of anilines is 1. The van der Waals surface area contributed by atoms with Crippen LogP contribution in [0.2, 0.25) is 0 Å². The molecule has 1 amide bonds. The van der Waals surface area contributed by atoms with Crippen LogP contribution in [0.5, 0.6) is 0 Å². The van der Waals surface area contributed by atoms with Gasteiger partial charge in [0.05, 0.1) is 10.5 Å². The first-order valence-electron chi connectivity index (χ1n) is 8.80. The van der Waals surface area contributed by atoms with Crippen molar-refractivity contribution in [2.75, 3.05) is 5.32 Å². The fourth-order valence-electron chi connectivity index (χ4n) is 2.73. The highest BCUT2D eigenvalue weighted by Crippen LogP contribution is 2.21. The summed E-state index contributed by atoms with van der Waals surface area (Å²) in [4.78, 5) is 12.1. The van der Waals surface area contributed by atoms with E-state index in [1.165, 1.54) is 0 Å². The molecule has 0 bridgehead atoms. The number of rotatable bonds is 6. The smallest absolute Gasteiger partial charge is 0.258 e. The fraction of sp³-hybridized carbons (Fsp3) is 0.0952. The number of sulfonamides is 1. The van der Waals surface area contributed by atoms with Crippen molar-refractivity contribution in [3.05, 3.63) is 95.3 Å². The Kier molecular flexibility index (Phi) is 6.23. The summed E-state index contributed by atoms with van der Waals surface area (Å²) in [7, 11) is -4.07. The lowest BCUT2D eigenvalue weighted by molar-refractivity contribution is 0.102. The number of hydrogen-bond donors (Lipinski definition) is 2. The molecule has 0 saturated carbocycles. The van der Waals surface area contributed by atoms with Gasteiger partial charge in [-0.3, -0.25) is 4.79 Å². The molecule has 5 nitrogen and oxygen atoms in total. The molecule has 9 heteroatoms. The van der Waals surface area contributed by atoms with Crippen LogP contribution in [0.1, 0.15) is 28.9 Å². The molecule has 0 aliphatic rings. The Labute approximate surface area is 171 Å². The summed E-state index contributed by atoms with van der Waals surface area (Å²) in [6.07, 6.45) is 0. The van der Waals surface area contributed by atoms with Gasteiger partial charge in [0.15, 0.2) is 11.6 Å². The van der Waals surface area contributed by atoms with E-state index in [4.69, 9.17) is 0 Å². The highest BCUT2D eigenvalue weighted by atomic mass is 32.2. The second kappa shape index (κ2) is 8.68. The van der Waals surface area contributed by atoms with Gasteiger partial charge in [0.25, 0.3) is 5.91 Å². The summed E-state index contributed by atoms with van der Waals surface area (Å²) >= 11 is 0. The van der Waals surface area contributed by atoms with Crippen molar-refractivity contribution >= 4 is 21.6 Å². The van der Waals surface area contributed by atoms with Gasteiger partial charge in [-0.1, -0.05) is 30.3 Å². The molecule has 2 N–H and O–H groups in total. The molecule has 3 rings (SSSR count). The van der Waals surface area contributed by atoms with Gasteiger partial charge in [-0.05, 0) is 42.8 Å². The fourth-order valence-corrected chi connectivity index (χ4v) is 3.99. The lowest BCUT2D eigenvalue weighted by Crippen LogP contribution is -2.27. The zero-order valence-corrected chi connectivity index (χ0v) is 16.5. The molecule has 0 aliphatic heterocycles. The number of carbonyl (C=O) groups excluding carboxylic acids is 1. The van der Waals surface area contributed by atoms with Crippen LogP contribution in [0.25, 0.3) is 0 Å². The third-order valence-corrected chi connectivity index (χ3v) is 5.84. The van der Waals surface area contributed by atoms with Crippen molar-refractivity contribution < 1.29 is 26.4 Å². The predicted molar refractivity (Wildman–Crippen MR) is 106 cm³/mol. The zero-order chi connectivity index (χ0) is 21.9. The summed E-state index contributed by atoms with van der Waals surface area (Å²) in [6.45, 7) is 1.65. The molecular weight excluding hydrogens is 417 g/mol. The van der Waals surface area contributed by atoms with Gasteiger partial charge in [-0.2, -0.15) is 0 Å². The van der Waals surface area contributed by atoms with Gasteiger partial charge in [-0.15, -0.1) is 0 Å². The Hall–Kier alpha value is -3.17. The SMILES string of the molecule is C[C@H](NS(=O)(=O)c1ccc(F)c(C(=O)Nc2ccc(F)c(F)c2)c1)c1ccccc1. The second-order valence-electron chi connectivity index (χ2n) is 6.48. The Morgan fingerprint density at radius 3 is 2.20 bits per heavy atom. The average molecular weight is 434 g/mol. The molecule has 0 heterocycles. The van der Waals surface area contributed by atoms with Crippen LogP contribution in [-0.2, 0) is 10.0 Å². The van der Waals surface area contributed by atoms with Gasteiger partial charge < -0.3 is 5.32 Å². The molecule has 156 valence electrons. The van der Waals surface area contributed by atoms with Crippen LogP contribution in [0.15, 0.2) is 71.6 Å². The van der Waals surface area contributed by atoms with E-state index in [1.54, 1.807) is 37.3 Å². The Morgan fingerprint density at radius 1 is 0.867 bits per heavy atom. The number of hydrogen-bond acceptors (Lipinski definition) is 3. The highest BCUT2D eigenvalue weighted by molar-refractivity contribution is 7.89. The van der Waals surface area contributed by atoms with Gasteiger partial charge in [0.2, 0.25) is 10.0 Å². The van der Waals surface area contributed by atoms with E-state index in [9.17, 15) is 26.4 Å². The van der Waals surface area contributed by atoms with E-state index in [0.29, 0.717) is 0 Å². The Bertz CT molecular complexity index is 1190. The minimum Gasteiger partial charge on any atom is -0.322 e. The summed E-state index contributed by atoms with van der Waals surface area (Å²) in [5.41, 5.74) is 0.0526. The van der Waals surface area contributed by atoms with Crippen molar-refractivity contribution in [2.45, 2.75) is 17.9 Å². The van der Waals surface area contributed by atoms with E-state index in [2.05, 4.69) is 10.0 Å². The number of amides is 1. The van der Waals surface area contributed by atoms with E-state index < -0.39 is 45.0 Å². The van der Waals surface area contributed by atoms with Crippen LogP contribution < -0.4 is 10.0 Å². The minimum atomic E-state index is -4.07. The number of nitrogens with one attached hydrogen (secondary N) is 2. The van der Waals surface area contributed by atoms with Crippen LogP contribution in [0, 0.1) is 17.5 Å². The molecule has 0 radical (unpaired) electrons. The van der Waals surface area contributed by atoms with E-state index >= 15 is 0 Å². The van der Waals surface area contributed by atoms with E-state index in [1.807, 2.05) is 0 Å². The first-order chi connectivity index (χ1) is 14.2. The van der Waals surface area contributed by atoms with Crippen LogP contribution >= 0.6 is 0 Å². The van der Waals surface area contributed by atoms with E-state index in [-0.39, 0.29) is 10.6 Å². The van der Waals surface area contributed by atoms with Crippen LogP contribution in [-0.4, -0.2) is 14.3 Å². The molecule has 0 unspecified atom stereocenters. The Morgan fingerprint density at radius 2 is 1.53 bits per heavy atom. The quantitative estimate of drug-likeness (QED) is 0.604. The molecule has 30 heavy (non-hydrogen) atoms. The topological polar surface area (TPSA) is 75.3 Å².